The largest absolute Gasteiger partial charge is 0.332 e. The molecule has 1 heterocycles. The third kappa shape index (κ3) is 2.17. The summed E-state index contributed by atoms with van der Waals surface area (Å²) in [5, 5.41) is 0.112. The molecule has 1 fully saturated rings. The fraction of sp³-hybridized carbons (Fsp3) is 0.769. The normalized spacial score (nSPS) is 28.1. The van der Waals surface area contributed by atoms with Gasteiger partial charge in [-0.1, -0.05) is 34.6 Å². The van der Waals surface area contributed by atoms with Crippen LogP contribution in [-0.2, 0) is 16.4 Å². The van der Waals surface area contributed by atoms with Crippen molar-refractivity contribution < 1.29 is 8.42 Å². The van der Waals surface area contributed by atoms with E-state index in [4.69, 9.17) is 5.73 Å². The first kappa shape index (κ1) is 15.5. The molecule has 0 unspecified atom stereocenters. The van der Waals surface area contributed by atoms with E-state index in [1.54, 1.807) is 0 Å². The van der Waals surface area contributed by atoms with Gasteiger partial charge < -0.3 is 10.7 Å². The van der Waals surface area contributed by atoms with Gasteiger partial charge in [-0.2, -0.15) is 0 Å². The van der Waals surface area contributed by atoms with Gasteiger partial charge in [-0.05, 0) is 10.8 Å². The highest BCUT2D eigenvalue weighted by Crippen LogP contribution is 2.52. The van der Waals surface area contributed by atoms with E-state index >= 15 is 0 Å². The highest BCUT2D eigenvalue weighted by atomic mass is 32.2. The lowest BCUT2D eigenvalue weighted by Crippen LogP contribution is -2.75. The van der Waals surface area contributed by atoms with Crippen molar-refractivity contribution >= 4 is 10.0 Å². The zero-order chi connectivity index (χ0) is 15.3. The van der Waals surface area contributed by atoms with Crippen LogP contribution in [0, 0.1) is 10.8 Å². The van der Waals surface area contributed by atoms with Crippen LogP contribution in [0.2, 0.25) is 0 Å². The van der Waals surface area contributed by atoms with Crippen molar-refractivity contribution in [3.05, 3.63) is 12.0 Å². The molecule has 1 aromatic rings. The van der Waals surface area contributed by atoms with Gasteiger partial charge in [0, 0.05) is 18.5 Å². The number of sulfonamides is 1. The van der Waals surface area contributed by atoms with Crippen molar-refractivity contribution in [2.45, 2.75) is 58.1 Å². The lowest BCUT2D eigenvalue weighted by atomic mass is 9.49. The molecule has 1 aliphatic carbocycles. The van der Waals surface area contributed by atoms with Crippen LogP contribution in [0.4, 0.5) is 0 Å². The second-order valence-electron chi connectivity index (χ2n) is 6.72. The minimum atomic E-state index is -3.60. The Labute approximate surface area is 120 Å². The van der Waals surface area contributed by atoms with E-state index in [9.17, 15) is 8.42 Å². The first-order chi connectivity index (χ1) is 9.03. The van der Waals surface area contributed by atoms with Crippen molar-refractivity contribution in [3.63, 3.8) is 0 Å². The third-order valence-electron chi connectivity index (χ3n) is 4.59. The van der Waals surface area contributed by atoms with Gasteiger partial charge in [0.05, 0.1) is 6.20 Å². The molecule has 0 atom stereocenters. The van der Waals surface area contributed by atoms with Gasteiger partial charge in [0.15, 0.2) is 5.03 Å². The summed E-state index contributed by atoms with van der Waals surface area (Å²) in [5.41, 5.74) is 5.61. The van der Waals surface area contributed by atoms with E-state index in [2.05, 4.69) is 14.7 Å². The Balaban J connectivity index is 2.25. The third-order valence-corrected chi connectivity index (χ3v) is 5.93. The molecule has 6 nitrogen and oxygen atoms in total. The number of aromatic nitrogens is 2. The number of nitrogens with zero attached hydrogens (tertiary/aromatic N) is 1. The zero-order valence-corrected chi connectivity index (χ0v) is 13.5. The Hall–Kier alpha value is -0.920. The van der Waals surface area contributed by atoms with Gasteiger partial charge in [0.25, 0.3) is 10.0 Å². The van der Waals surface area contributed by atoms with Gasteiger partial charge in [0.1, 0.15) is 5.82 Å². The maximum Gasteiger partial charge on any atom is 0.257 e. The molecule has 0 amide bonds. The molecule has 7 heteroatoms. The van der Waals surface area contributed by atoms with Gasteiger partial charge in [-0.25, -0.2) is 18.1 Å². The summed E-state index contributed by atoms with van der Waals surface area (Å²) in [6.07, 6.45) is 2.03. The van der Waals surface area contributed by atoms with E-state index < -0.39 is 10.0 Å². The summed E-state index contributed by atoms with van der Waals surface area (Å²) < 4.78 is 27.6. The molecular formula is C13H24N4O2S. The monoisotopic (exact) mass is 300 g/mol. The number of nitrogens with one attached hydrogen (secondary N) is 2. The van der Waals surface area contributed by atoms with Crippen molar-refractivity contribution in [3.8, 4) is 0 Å². The zero-order valence-electron chi connectivity index (χ0n) is 12.7. The van der Waals surface area contributed by atoms with Crippen LogP contribution in [0.3, 0.4) is 0 Å². The molecule has 20 heavy (non-hydrogen) atoms. The molecule has 114 valence electrons. The summed E-state index contributed by atoms with van der Waals surface area (Å²) in [5.74, 6) is 0.661. The van der Waals surface area contributed by atoms with E-state index in [0.717, 1.165) is 0 Å². The highest BCUT2D eigenvalue weighted by Gasteiger charge is 2.61. The fourth-order valence-corrected chi connectivity index (χ4v) is 4.85. The van der Waals surface area contributed by atoms with Gasteiger partial charge >= 0.3 is 0 Å². The maximum atomic E-state index is 12.4. The highest BCUT2D eigenvalue weighted by molar-refractivity contribution is 7.89. The predicted octanol–water partition coefficient (Wildman–Crippen LogP) is 1.01. The minimum absolute atomic E-state index is 0.0457. The average Bonchev–Trinajstić information content (AvgIpc) is 2.84. The first-order valence-corrected chi connectivity index (χ1v) is 8.33. The van der Waals surface area contributed by atoms with E-state index in [0.29, 0.717) is 12.2 Å². The number of aryl methyl sites for hydroxylation is 1. The molecule has 4 N–H and O–H groups in total. The van der Waals surface area contributed by atoms with Gasteiger partial charge in [0.2, 0.25) is 0 Å². The number of hydrogen-bond acceptors (Lipinski definition) is 4. The van der Waals surface area contributed by atoms with Crippen molar-refractivity contribution in [2.24, 2.45) is 16.6 Å². The van der Waals surface area contributed by atoms with Crippen LogP contribution in [0.25, 0.3) is 0 Å². The summed E-state index contributed by atoms with van der Waals surface area (Å²) in [6.45, 7) is 9.86. The number of hydrogen-bond donors (Lipinski definition) is 3. The Morgan fingerprint density at radius 3 is 2.35 bits per heavy atom. The van der Waals surface area contributed by atoms with Crippen LogP contribution in [0.15, 0.2) is 11.2 Å². The van der Waals surface area contributed by atoms with Crippen LogP contribution < -0.4 is 10.5 Å². The molecule has 1 aliphatic rings. The number of imidazole rings is 1. The van der Waals surface area contributed by atoms with Crippen molar-refractivity contribution in [1.82, 2.24) is 14.7 Å². The van der Waals surface area contributed by atoms with Crippen molar-refractivity contribution in [1.29, 1.82) is 0 Å². The lowest BCUT2D eigenvalue weighted by Gasteiger charge is -2.62. The Bertz CT molecular complexity index is 588. The maximum absolute atomic E-state index is 12.4. The van der Waals surface area contributed by atoms with Crippen LogP contribution in [0.1, 0.15) is 40.4 Å². The van der Waals surface area contributed by atoms with Gasteiger partial charge in [-0.15, -0.1) is 0 Å². The average molecular weight is 300 g/mol. The quantitative estimate of drug-likeness (QED) is 0.772. The molecule has 0 saturated heterocycles. The first-order valence-electron chi connectivity index (χ1n) is 6.85. The summed E-state index contributed by atoms with van der Waals surface area (Å²) >= 11 is 0. The second-order valence-corrected chi connectivity index (χ2v) is 8.40. The fourth-order valence-electron chi connectivity index (χ4n) is 3.36. The molecule has 0 aromatic carbocycles. The molecule has 1 saturated carbocycles. The number of nitrogens with two attached hydrogens (primary N) is 1. The van der Waals surface area contributed by atoms with E-state index in [-0.39, 0.29) is 27.9 Å². The summed E-state index contributed by atoms with van der Waals surface area (Å²) in [4.78, 5) is 6.87. The smallest absolute Gasteiger partial charge is 0.257 e. The van der Waals surface area contributed by atoms with E-state index in [1.165, 1.54) is 6.20 Å². The number of aromatic amines is 1. The molecule has 0 radical (unpaired) electrons. The van der Waals surface area contributed by atoms with Crippen LogP contribution in [0.5, 0.6) is 0 Å². The Morgan fingerprint density at radius 2 is 1.90 bits per heavy atom. The summed E-state index contributed by atoms with van der Waals surface area (Å²) in [7, 11) is -3.60. The molecule has 0 bridgehead atoms. The van der Waals surface area contributed by atoms with Crippen LogP contribution >= 0.6 is 0 Å². The standard InChI is InChI=1S/C13H24N4O2S/c1-6-8-15-7-9(16-8)20(18,19)17-11-12(2,3)10(14)13(11,4)5/h7,10-11,17H,6,14H2,1-5H3,(H,15,16). The SMILES string of the molecule is CCc1ncc(S(=O)(=O)NC2C(C)(C)C(N)C2(C)C)[nH]1. The predicted molar refractivity (Wildman–Crippen MR) is 77.6 cm³/mol. The molecule has 2 rings (SSSR count). The molecule has 0 spiro atoms. The van der Waals surface area contributed by atoms with Crippen molar-refractivity contribution in [2.75, 3.05) is 0 Å². The molecular weight excluding hydrogens is 276 g/mol. The summed E-state index contributed by atoms with van der Waals surface area (Å²) in [6, 6.07) is -0.251. The molecule has 1 aromatic heterocycles. The van der Waals surface area contributed by atoms with Gasteiger partial charge in [-0.3, -0.25) is 0 Å². The number of H-pyrrole nitrogens is 1. The Morgan fingerprint density at radius 1 is 1.35 bits per heavy atom. The Kier molecular flexibility index (Phi) is 3.51. The number of rotatable bonds is 4. The lowest BCUT2D eigenvalue weighted by molar-refractivity contribution is -0.0593. The second kappa shape index (κ2) is 4.54. The minimum Gasteiger partial charge on any atom is -0.332 e. The van der Waals surface area contributed by atoms with Crippen LogP contribution in [-0.4, -0.2) is 30.5 Å². The molecule has 0 aliphatic heterocycles. The van der Waals surface area contributed by atoms with E-state index in [1.807, 2.05) is 34.6 Å². The topological polar surface area (TPSA) is 101 Å².